The van der Waals surface area contributed by atoms with Gasteiger partial charge in [0.1, 0.15) is 13.2 Å². The van der Waals surface area contributed by atoms with Crippen molar-refractivity contribution < 1.29 is 14.3 Å². The molecule has 2 unspecified atom stereocenters. The molecule has 0 aromatic heterocycles. The number of benzene rings is 1. The highest BCUT2D eigenvalue weighted by atomic mass is 16.6. The summed E-state index contributed by atoms with van der Waals surface area (Å²) in [6, 6.07) is 6.48. The lowest BCUT2D eigenvalue weighted by Gasteiger charge is -2.28. The summed E-state index contributed by atoms with van der Waals surface area (Å²) in [7, 11) is 0. The number of unbranched alkanes of at least 4 members (excludes halogenated alkanes) is 3. The molecule has 1 aromatic rings. The summed E-state index contributed by atoms with van der Waals surface area (Å²) in [4.78, 5) is 14.8. The van der Waals surface area contributed by atoms with Crippen LogP contribution in [0.4, 0.5) is 4.79 Å². The number of carbonyl (C=O) groups excluding carboxylic acids is 1. The van der Waals surface area contributed by atoms with Crippen LogP contribution in [-0.4, -0.2) is 36.7 Å². The van der Waals surface area contributed by atoms with Crippen LogP contribution in [0.2, 0.25) is 0 Å². The van der Waals surface area contributed by atoms with E-state index in [4.69, 9.17) is 9.47 Å². The van der Waals surface area contributed by atoms with E-state index in [0.29, 0.717) is 13.2 Å². The molecule has 3 rings (SSSR count). The second-order valence-corrected chi connectivity index (χ2v) is 7.45. The van der Waals surface area contributed by atoms with Gasteiger partial charge in [0.2, 0.25) is 0 Å². The molecule has 0 radical (unpaired) electrons. The van der Waals surface area contributed by atoms with E-state index in [-0.39, 0.29) is 18.1 Å². The number of amides is 2. The molecule has 5 heteroatoms. The van der Waals surface area contributed by atoms with Gasteiger partial charge in [0.25, 0.3) is 0 Å². The third-order valence-electron chi connectivity index (χ3n) is 5.33. The van der Waals surface area contributed by atoms with Gasteiger partial charge in [-0.25, -0.2) is 4.79 Å². The van der Waals surface area contributed by atoms with E-state index in [1.165, 1.54) is 25.7 Å². The summed E-state index contributed by atoms with van der Waals surface area (Å²) in [5, 5.41) is 3.19. The summed E-state index contributed by atoms with van der Waals surface area (Å²) in [6.45, 7) is 6.32. The van der Waals surface area contributed by atoms with Crippen molar-refractivity contribution in [1.82, 2.24) is 10.2 Å². The first-order valence-electron chi connectivity index (χ1n) is 10.2. The van der Waals surface area contributed by atoms with Gasteiger partial charge >= 0.3 is 6.03 Å². The first-order valence-corrected chi connectivity index (χ1v) is 10.2. The lowest BCUT2D eigenvalue weighted by molar-refractivity contribution is 0.170. The lowest BCUT2D eigenvalue weighted by Crippen LogP contribution is -2.43. The zero-order valence-corrected chi connectivity index (χ0v) is 16.1. The number of hydrogen-bond acceptors (Lipinski definition) is 3. The lowest BCUT2D eigenvalue weighted by atomic mass is 10.0. The highest BCUT2D eigenvalue weighted by Crippen LogP contribution is 2.38. The highest BCUT2D eigenvalue weighted by molar-refractivity contribution is 5.75. The SMILES string of the molecule is CCCCCCC(C)NC(=O)N1CCCC1c1ccc2c(c1)OCCO2. The number of urea groups is 1. The Balaban J connectivity index is 1.58. The molecular formula is C21H32N2O3. The van der Waals surface area contributed by atoms with Gasteiger partial charge in [0.05, 0.1) is 6.04 Å². The van der Waals surface area contributed by atoms with Crippen molar-refractivity contribution in [2.24, 2.45) is 0 Å². The largest absolute Gasteiger partial charge is 0.486 e. The molecule has 0 saturated carbocycles. The summed E-state index contributed by atoms with van der Waals surface area (Å²) >= 11 is 0. The molecule has 2 atom stereocenters. The average Bonchev–Trinajstić information content (AvgIpc) is 3.15. The van der Waals surface area contributed by atoms with Gasteiger partial charge < -0.3 is 19.7 Å². The minimum absolute atomic E-state index is 0.0605. The van der Waals surface area contributed by atoms with Crippen LogP contribution < -0.4 is 14.8 Å². The minimum Gasteiger partial charge on any atom is -0.486 e. The fourth-order valence-corrected chi connectivity index (χ4v) is 3.87. The second-order valence-electron chi connectivity index (χ2n) is 7.45. The van der Waals surface area contributed by atoms with Gasteiger partial charge in [-0.2, -0.15) is 0 Å². The number of likely N-dealkylation sites (tertiary alicyclic amines) is 1. The molecule has 1 aromatic carbocycles. The van der Waals surface area contributed by atoms with Crippen LogP contribution in [0.5, 0.6) is 11.5 Å². The summed E-state index contributed by atoms with van der Waals surface area (Å²) < 4.78 is 11.3. The van der Waals surface area contributed by atoms with Gasteiger partial charge in [0, 0.05) is 12.6 Å². The molecule has 26 heavy (non-hydrogen) atoms. The fraction of sp³-hybridized carbons (Fsp3) is 0.667. The number of nitrogens with one attached hydrogen (secondary N) is 1. The van der Waals surface area contributed by atoms with E-state index >= 15 is 0 Å². The smallest absolute Gasteiger partial charge is 0.318 e. The molecule has 5 nitrogen and oxygen atoms in total. The molecule has 0 spiro atoms. The van der Waals surface area contributed by atoms with Gasteiger partial charge in [-0.05, 0) is 43.9 Å². The molecule has 1 N–H and O–H groups in total. The van der Waals surface area contributed by atoms with Crippen LogP contribution in [0.25, 0.3) is 0 Å². The van der Waals surface area contributed by atoms with Crippen molar-refractivity contribution in [3.8, 4) is 11.5 Å². The predicted octanol–water partition coefficient (Wildman–Crippen LogP) is 4.66. The van der Waals surface area contributed by atoms with Crippen molar-refractivity contribution >= 4 is 6.03 Å². The topological polar surface area (TPSA) is 50.8 Å². The normalized spacial score (nSPS) is 20.1. The van der Waals surface area contributed by atoms with Gasteiger partial charge in [-0.1, -0.05) is 38.7 Å². The van der Waals surface area contributed by atoms with Crippen molar-refractivity contribution in [2.45, 2.75) is 70.9 Å². The van der Waals surface area contributed by atoms with E-state index in [0.717, 1.165) is 42.9 Å². The first kappa shape index (κ1) is 18.9. The molecule has 1 saturated heterocycles. The molecule has 2 amide bonds. The zero-order chi connectivity index (χ0) is 18.4. The number of ether oxygens (including phenoxy) is 2. The van der Waals surface area contributed by atoms with E-state index < -0.39 is 0 Å². The molecular weight excluding hydrogens is 328 g/mol. The maximum absolute atomic E-state index is 12.8. The highest BCUT2D eigenvalue weighted by Gasteiger charge is 2.31. The van der Waals surface area contributed by atoms with E-state index in [1.807, 2.05) is 17.0 Å². The predicted molar refractivity (Wildman–Crippen MR) is 103 cm³/mol. The van der Waals surface area contributed by atoms with Crippen LogP contribution in [0, 0.1) is 0 Å². The fourth-order valence-electron chi connectivity index (χ4n) is 3.87. The van der Waals surface area contributed by atoms with Crippen LogP contribution in [-0.2, 0) is 0 Å². The maximum Gasteiger partial charge on any atom is 0.318 e. The Morgan fingerprint density at radius 1 is 1.23 bits per heavy atom. The molecule has 2 heterocycles. The van der Waals surface area contributed by atoms with Gasteiger partial charge in [-0.15, -0.1) is 0 Å². The second kappa shape index (κ2) is 9.15. The van der Waals surface area contributed by atoms with Gasteiger partial charge in [0.15, 0.2) is 11.5 Å². The van der Waals surface area contributed by atoms with Crippen LogP contribution in [0.1, 0.15) is 70.4 Å². The molecule has 1 fully saturated rings. The summed E-state index contributed by atoms with van der Waals surface area (Å²) in [5.41, 5.74) is 1.14. The van der Waals surface area contributed by atoms with Crippen LogP contribution >= 0.6 is 0 Å². The number of hydrogen-bond donors (Lipinski definition) is 1. The van der Waals surface area contributed by atoms with Gasteiger partial charge in [-0.3, -0.25) is 0 Å². The monoisotopic (exact) mass is 360 g/mol. The van der Waals surface area contributed by atoms with Crippen LogP contribution in [0.3, 0.4) is 0 Å². The Hall–Kier alpha value is -1.91. The van der Waals surface area contributed by atoms with Crippen molar-refractivity contribution in [3.05, 3.63) is 23.8 Å². The third kappa shape index (κ3) is 4.63. The van der Waals surface area contributed by atoms with E-state index in [9.17, 15) is 4.79 Å². The van der Waals surface area contributed by atoms with Crippen molar-refractivity contribution in [1.29, 1.82) is 0 Å². The quantitative estimate of drug-likeness (QED) is 0.719. The first-order chi connectivity index (χ1) is 12.7. The Labute approximate surface area is 157 Å². The average molecular weight is 360 g/mol. The number of rotatable bonds is 7. The molecule has 0 bridgehead atoms. The Bertz CT molecular complexity index is 605. The van der Waals surface area contributed by atoms with Crippen LogP contribution in [0.15, 0.2) is 18.2 Å². The van der Waals surface area contributed by atoms with Crippen molar-refractivity contribution in [2.75, 3.05) is 19.8 Å². The number of nitrogens with zero attached hydrogens (tertiary/aromatic N) is 1. The molecule has 2 aliphatic heterocycles. The summed E-state index contributed by atoms with van der Waals surface area (Å²) in [5.74, 6) is 1.60. The maximum atomic E-state index is 12.8. The third-order valence-corrected chi connectivity index (χ3v) is 5.33. The zero-order valence-electron chi connectivity index (χ0n) is 16.1. The number of carbonyl (C=O) groups is 1. The van der Waals surface area contributed by atoms with E-state index in [2.05, 4.69) is 25.2 Å². The van der Waals surface area contributed by atoms with Crippen molar-refractivity contribution in [3.63, 3.8) is 0 Å². The summed E-state index contributed by atoms with van der Waals surface area (Å²) in [6.07, 6.45) is 8.04. The minimum atomic E-state index is 0.0605. The Morgan fingerprint density at radius 2 is 2.04 bits per heavy atom. The molecule has 144 valence electrons. The standard InChI is InChI=1S/C21H32N2O3/c1-3-4-5-6-8-16(2)22-21(24)23-12-7-9-18(23)17-10-11-19-20(15-17)26-14-13-25-19/h10-11,15-16,18H,3-9,12-14H2,1-2H3,(H,22,24). The van der Waals surface area contributed by atoms with E-state index in [1.54, 1.807) is 0 Å². The Kier molecular flexibility index (Phi) is 6.64. The molecule has 2 aliphatic rings. The number of fused-ring (bicyclic) bond motifs is 1. The Morgan fingerprint density at radius 3 is 2.85 bits per heavy atom. The molecule has 0 aliphatic carbocycles.